The van der Waals surface area contributed by atoms with E-state index < -0.39 is 6.04 Å². The minimum Gasteiger partial charge on any atom is -0.323 e. The molecule has 1 unspecified atom stereocenters. The summed E-state index contributed by atoms with van der Waals surface area (Å²) in [5.74, 6) is -0.211. The van der Waals surface area contributed by atoms with Gasteiger partial charge in [-0.25, -0.2) is 0 Å². The fraction of sp³-hybridized carbons (Fsp3) is 0.222. The summed E-state index contributed by atoms with van der Waals surface area (Å²) in [6.07, 6.45) is 0. The number of hydrogen-bond donors (Lipinski definition) is 2. The second-order valence-corrected chi connectivity index (χ2v) is 4.58. The second-order valence-electron chi connectivity index (χ2n) is 2.87. The molecule has 1 rings (SSSR count). The molecule has 0 bridgehead atoms. The zero-order chi connectivity index (χ0) is 10.7. The third kappa shape index (κ3) is 2.80. The van der Waals surface area contributed by atoms with Crippen molar-refractivity contribution in [2.75, 3.05) is 5.32 Å². The van der Waals surface area contributed by atoms with E-state index in [1.54, 1.807) is 6.92 Å². The summed E-state index contributed by atoms with van der Waals surface area (Å²) in [6, 6.07) is 5.05. The lowest BCUT2D eigenvalue weighted by atomic mass is 10.3. The molecule has 0 aliphatic heterocycles. The van der Waals surface area contributed by atoms with E-state index in [2.05, 4.69) is 37.2 Å². The molecule has 1 amide bonds. The van der Waals surface area contributed by atoms with E-state index >= 15 is 0 Å². The minimum absolute atomic E-state index is 0.211. The molecule has 14 heavy (non-hydrogen) atoms. The highest BCUT2D eigenvalue weighted by Gasteiger charge is 2.11. The maximum atomic E-state index is 11.3. The molecular formula is C9H10Br2N2O. The summed E-state index contributed by atoms with van der Waals surface area (Å²) >= 11 is 6.68. The molecule has 0 heterocycles. The van der Waals surface area contributed by atoms with Crippen LogP contribution in [0, 0.1) is 0 Å². The Kier molecular flexibility index (Phi) is 4.10. The van der Waals surface area contributed by atoms with Gasteiger partial charge in [0.05, 0.1) is 11.7 Å². The van der Waals surface area contributed by atoms with Crippen LogP contribution in [0.2, 0.25) is 0 Å². The Morgan fingerprint density at radius 1 is 1.43 bits per heavy atom. The Bertz CT molecular complexity index is 332. The number of benzene rings is 1. The van der Waals surface area contributed by atoms with Crippen LogP contribution in [-0.4, -0.2) is 11.9 Å². The normalized spacial score (nSPS) is 12.3. The van der Waals surface area contributed by atoms with Crippen LogP contribution in [-0.2, 0) is 4.79 Å². The van der Waals surface area contributed by atoms with Gasteiger partial charge in [0.25, 0.3) is 0 Å². The van der Waals surface area contributed by atoms with Gasteiger partial charge in [0.2, 0.25) is 5.91 Å². The fourth-order valence-corrected chi connectivity index (χ4v) is 2.05. The predicted molar refractivity (Wildman–Crippen MR) is 64.1 cm³/mol. The summed E-state index contributed by atoms with van der Waals surface area (Å²) in [5, 5.41) is 2.72. The van der Waals surface area contributed by atoms with Gasteiger partial charge in [0.1, 0.15) is 0 Å². The molecule has 1 aromatic carbocycles. The number of halogens is 2. The average molecular weight is 322 g/mol. The zero-order valence-electron chi connectivity index (χ0n) is 7.55. The molecule has 76 valence electrons. The van der Waals surface area contributed by atoms with Gasteiger partial charge in [-0.05, 0) is 50.9 Å². The number of nitrogens with one attached hydrogen (secondary N) is 1. The summed E-state index contributed by atoms with van der Waals surface area (Å²) in [7, 11) is 0. The largest absolute Gasteiger partial charge is 0.323 e. The topological polar surface area (TPSA) is 55.1 Å². The average Bonchev–Trinajstić information content (AvgIpc) is 2.11. The first-order chi connectivity index (χ1) is 6.52. The highest BCUT2D eigenvalue weighted by atomic mass is 79.9. The molecule has 1 aromatic rings. The molecule has 0 saturated carbocycles. The van der Waals surface area contributed by atoms with Crippen LogP contribution in [0.15, 0.2) is 27.1 Å². The van der Waals surface area contributed by atoms with Crippen LogP contribution in [0.1, 0.15) is 6.92 Å². The molecule has 0 aliphatic carbocycles. The van der Waals surface area contributed by atoms with Crippen molar-refractivity contribution in [1.29, 1.82) is 0 Å². The lowest BCUT2D eigenvalue weighted by Crippen LogP contribution is -2.32. The van der Waals surface area contributed by atoms with E-state index in [-0.39, 0.29) is 5.91 Å². The molecule has 1 atom stereocenters. The first kappa shape index (κ1) is 11.7. The highest BCUT2D eigenvalue weighted by molar-refractivity contribution is 9.11. The molecule has 0 fully saturated rings. The SMILES string of the molecule is CC(N)C(=O)Nc1c(Br)cccc1Br. The van der Waals surface area contributed by atoms with Gasteiger partial charge in [0, 0.05) is 8.95 Å². The van der Waals surface area contributed by atoms with E-state index in [0.29, 0.717) is 5.69 Å². The van der Waals surface area contributed by atoms with Crippen LogP contribution in [0.5, 0.6) is 0 Å². The minimum atomic E-state index is -0.519. The molecule has 0 aromatic heterocycles. The molecule has 5 heteroatoms. The Morgan fingerprint density at radius 3 is 2.36 bits per heavy atom. The first-order valence-electron chi connectivity index (χ1n) is 4.03. The maximum absolute atomic E-state index is 11.3. The fourth-order valence-electron chi connectivity index (χ4n) is 0.854. The number of carbonyl (C=O) groups is 1. The molecule has 3 N–H and O–H groups in total. The van der Waals surface area contributed by atoms with Crippen LogP contribution in [0.25, 0.3) is 0 Å². The Balaban J connectivity index is 2.91. The van der Waals surface area contributed by atoms with Gasteiger partial charge >= 0.3 is 0 Å². The van der Waals surface area contributed by atoms with E-state index in [1.165, 1.54) is 0 Å². The van der Waals surface area contributed by atoms with Crippen molar-refractivity contribution < 1.29 is 4.79 Å². The first-order valence-corrected chi connectivity index (χ1v) is 5.61. The van der Waals surface area contributed by atoms with Gasteiger partial charge in [-0.15, -0.1) is 0 Å². The van der Waals surface area contributed by atoms with Crippen LogP contribution in [0.3, 0.4) is 0 Å². The van der Waals surface area contributed by atoms with Crippen molar-refractivity contribution in [3.8, 4) is 0 Å². The number of amides is 1. The molecular weight excluding hydrogens is 312 g/mol. The van der Waals surface area contributed by atoms with Crippen molar-refractivity contribution in [1.82, 2.24) is 0 Å². The van der Waals surface area contributed by atoms with Gasteiger partial charge in [-0.1, -0.05) is 6.07 Å². The molecule has 0 aliphatic rings. The number of nitrogens with two attached hydrogens (primary N) is 1. The van der Waals surface area contributed by atoms with E-state index in [1.807, 2.05) is 18.2 Å². The summed E-state index contributed by atoms with van der Waals surface area (Å²) in [6.45, 7) is 1.64. The van der Waals surface area contributed by atoms with Gasteiger partial charge in [-0.2, -0.15) is 0 Å². The van der Waals surface area contributed by atoms with Crippen molar-refractivity contribution in [3.63, 3.8) is 0 Å². The van der Waals surface area contributed by atoms with Gasteiger partial charge < -0.3 is 11.1 Å². The Morgan fingerprint density at radius 2 is 1.93 bits per heavy atom. The number of rotatable bonds is 2. The van der Waals surface area contributed by atoms with Crippen molar-refractivity contribution in [2.45, 2.75) is 13.0 Å². The second kappa shape index (κ2) is 4.91. The summed E-state index contributed by atoms with van der Waals surface area (Å²) in [5.41, 5.74) is 6.14. The lowest BCUT2D eigenvalue weighted by molar-refractivity contribution is -0.117. The molecule has 0 radical (unpaired) electrons. The highest BCUT2D eigenvalue weighted by Crippen LogP contribution is 2.30. The van der Waals surface area contributed by atoms with Gasteiger partial charge in [-0.3, -0.25) is 4.79 Å². The maximum Gasteiger partial charge on any atom is 0.241 e. The van der Waals surface area contributed by atoms with E-state index in [0.717, 1.165) is 8.95 Å². The third-order valence-electron chi connectivity index (χ3n) is 1.62. The monoisotopic (exact) mass is 320 g/mol. The van der Waals surface area contributed by atoms with Gasteiger partial charge in [0.15, 0.2) is 0 Å². The third-order valence-corrected chi connectivity index (χ3v) is 2.95. The lowest BCUT2D eigenvalue weighted by Gasteiger charge is -2.10. The van der Waals surface area contributed by atoms with E-state index in [9.17, 15) is 4.79 Å². The van der Waals surface area contributed by atoms with E-state index in [4.69, 9.17) is 5.73 Å². The Labute approximate surface area is 99.3 Å². The number of hydrogen-bond acceptors (Lipinski definition) is 2. The standard InChI is InChI=1S/C9H10Br2N2O/c1-5(12)9(14)13-8-6(10)3-2-4-7(8)11/h2-5H,12H2,1H3,(H,13,14). The Hall–Kier alpha value is -0.390. The van der Waals surface area contributed by atoms with Crippen molar-refractivity contribution >= 4 is 43.5 Å². The number of anilines is 1. The van der Waals surface area contributed by atoms with Crippen molar-refractivity contribution in [3.05, 3.63) is 27.1 Å². The molecule has 0 saturated heterocycles. The van der Waals surface area contributed by atoms with Crippen LogP contribution < -0.4 is 11.1 Å². The quantitative estimate of drug-likeness (QED) is 0.879. The number of carbonyl (C=O) groups excluding carboxylic acids is 1. The smallest absolute Gasteiger partial charge is 0.241 e. The summed E-state index contributed by atoms with van der Waals surface area (Å²) in [4.78, 5) is 11.3. The molecule has 3 nitrogen and oxygen atoms in total. The van der Waals surface area contributed by atoms with Crippen LogP contribution in [0.4, 0.5) is 5.69 Å². The zero-order valence-corrected chi connectivity index (χ0v) is 10.7. The summed E-state index contributed by atoms with van der Waals surface area (Å²) < 4.78 is 1.64. The van der Waals surface area contributed by atoms with Crippen LogP contribution >= 0.6 is 31.9 Å². The molecule has 0 spiro atoms. The number of para-hydroxylation sites is 1. The van der Waals surface area contributed by atoms with Crippen molar-refractivity contribution in [2.24, 2.45) is 5.73 Å². The predicted octanol–water partition coefficient (Wildman–Crippen LogP) is 2.50.